The highest BCUT2D eigenvalue weighted by Crippen LogP contribution is 2.32. The molecule has 1 N–H and O–H groups in total. The summed E-state index contributed by atoms with van der Waals surface area (Å²) >= 11 is 0. The number of likely N-dealkylation sites (N-methyl/N-ethyl adjacent to an activating group) is 1. The van der Waals surface area contributed by atoms with E-state index in [0.717, 1.165) is 25.7 Å². The van der Waals surface area contributed by atoms with E-state index in [1.54, 1.807) is 12.4 Å². The summed E-state index contributed by atoms with van der Waals surface area (Å²) in [6, 6.07) is 3.65. The molecule has 1 saturated carbocycles. The molecule has 0 aliphatic heterocycles. The molecule has 1 aliphatic rings. The van der Waals surface area contributed by atoms with Gasteiger partial charge in [0, 0.05) is 18.0 Å². The largest absolute Gasteiger partial charge is 0.308 e. The van der Waals surface area contributed by atoms with E-state index in [0.29, 0.717) is 5.56 Å². The smallest absolute Gasteiger partial charge is 0.184 e. The van der Waals surface area contributed by atoms with Crippen molar-refractivity contribution in [3.8, 4) is 0 Å². The highest BCUT2D eigenvalue weighted by atomic mass is 16.1. The van der Waals surface area contributed by atoms with Crippen molar-refractivity contribution in [1.29, 1.82) is 0 Å². The molecule has 0 atom stereocenters. The van der Waals surface area contributed by atoms with Gasteiger partial charge < -0.3 is 5.32 Å². The highest BCUT2D eigenvalue weighted by Gasteiger charge is 2.39. The molecular formula is C12H16N2O. The Hall–Kier alpha value is -1.22. The Bertz CT molecular complexity index is 342. The van der Waals surface area contributed by atoms with Gasteiger partial charge in [0.05, 0.1) is 5.54 Å². The van der Waals surface area contributed by atoms with Crippen molar-refractivity contribution >= 4 is 5.78 Å². The molecule has 0 saturated heterocycles. The number of nitrogens with zero attached hydrogens (tertiary/aromatic N) is 1. The summed E-state index contributed by atoms with van der Waals surface area (Å²) in [6.45, 7) is 0. The number of carbonyl (C=O) groups excluding carboxylic acids is 1. The number of nitrogens with one attached hydrogen (secondary N) is 1. The summed E-state index contributed by atoms with van der Waals surface area (Å²) < 4.78 is 0. The number of Topliss-reactive ketones (excluding diaryl/α,β-unsaturated/α-hetero) is 1. The Morgan fingerprint density at radius 1 is 1.47 bits per heavy atom. The van der Waals surface area contributed by atoms with Crippen LogP contribution in [0.2, 0.25) is 0 Å². The van der Waals surface area contributed by atoms with Crippen LogP contribution in [0.15, 0.2) is 24.5 Å². The molecule has 3 heteroatoms. The van der Waals surface area contributed by atoms with Crippen LogP contribution in [0.1, 0.15) is 36.0 Å². The van der Waals surface area contributed by atoms with Crippen LogP contribution in [0, 0.1) is 0 Å². The van der Waals surface area contributed by atoms with Crippen LogP contribution in [-0.4, -0.2) is 23.4 Å². The number of ketones is 1. The lowest BCUT2D eigenvalue weighted by atomic mass is 9.88. The number of rotatable bonds is 3. The second kappa shape index (κ2) is 4.11. The van der Waals surface area contributed by atoms with Gasteiger partial charge in [-0.05, 0) is 32.0 Å². The van der Waals surface area contributed by atoms with Gasteiger partial charge in [-0.2, -0.15) is 0 Å². The molecule has 80 valence electrons. The summed E-state index contributed by atoms with van der Waals surface area (Å²) in [5.41, 5.74) is 0.386. The van der Waals surface area contributed by atoms with Gasteiger partial charge in [0.1, 0.15) is 0 Å². The first-order valence-electron chi connectivity index (χ1n) is 5.42. The molecule has 1 aromatic rings. The molecule has 0 amide bonds. The molecule has 1 fully saturated rings. The van der Waals surface area contributed by atoms with Crippen molar-refractivity contribution in [3.05, 3.63) is 30.1 Å². The summed E-state index contributed by atoms with van der Waals surface area (Å²) in [7, 11) is 1.87. The predicted octanol–water partition coefficient (Wildman–Crippen LogP) is 1.80. The van der Waals surface area contributed by atoms with Gasteiger partial charge in [0.15, 0.2) is 5.78 Å². The maximum Gasteiger partial charge on any atom is 0.184 e. The van der Waals surface area contributed by atoms with Crippen LogP contribution in [0.25, 0.3) is 0 Å². The minimum absolute atomic E-state index is 0.190. The predicted molar refractivity (Wildman–Crippen MR) is 58.8 cm³/mol. The Balaban J connectivity index is 2.27. The van der Waals surface area contributed by atoms with Crippen molar-refractivity contribution in [2.45, 2.75) is 31.2 Å². The first-order valence-corrected chi connectivity index (χ1v) is 5.42. The zero-order valence-electron chi connectivity index (χ0n) is 8.99. The van der Waals surface area contributed by atoms with E-state index < -0.39 is 0 Å². The standard InChI is InChI=1S/C12H16N2O/c1-13-12(6-2-3-7-12)11(15)10-5-4-8-14-9-10/h4-5,8-9,13H,2-3,6-7H2,1H3. The second-order valence-corrected chi connectivity index (χ2v) is 4.11. The van der Waals surface area contributed by atoms with Crippen molar-refractivity contribution in [2.24, 2.45) is 0 Å². The number of aromatic nitrogens is 1. The lowest BCUT2D eigenvalue weighted by Crippen LogP contribution is -2.47. The first kappa shape index (κ1) is 10.3. The molecule has 1 aromatic heterocycles. The number of carbonyl (C=O) groups is 1. The van der Waals surface area contributed by atoms with E-state index >= 15 is 0 Å². The molecule has 0 bridgehead atoms. The lowest BCUT2D eigenvalue weighted by molar-refractivity contribution is 0.0862. The van der Waals surface area contributed by atoms with Crippen LogP contribution in [-0.2, 0) is 0 Å². The monoisotopic (exact) mass is 204 g/mol. The normalized spacial score (nSPS) is 19.0. The van der Waals surface area contributed by atoms with E-state index in [9.17, 15) is 4.79 Å². The first-order chi connectivity index (χ1) is 7.28. The van der Waals surface area contributed by atoms with Crippen LogP contribution >= 0.6 is 0 Å². The van der Waals surface area contributed by atoms with Gasteiger partial charge in [-0.3, -0.25) is 9.78 Å². The van der Waals surface area contributed by atoms with Crippen LogP contribution in [0.3, 0.4) is 0 Å². The van der Waals surface area contributed by atoms with Gasteiger partial charge in [0.25, 0.3) is 0 Å². The van der Waals surface area contributed by atoms with E-state index in [2.05, 4.69) is 10.3 Å². The Morgan fingerprint density at radius 2 is 2.20 bits per heavy atom. The van der Waals surface area contributed by atoms with E-state index in [-0.39, 0.29) is 11.3 Å². The van der Waals surface area contributed by atoms with Crippen molar-refractivity contribution < 1.29 is 4.79 Å². The fourth-order valence-corrected chi connectivity index (χ4v) is 2.34. The van der Waals surface area contributed by atoms with Crippen LogP contribution in [0.4, 0.5) is 0 Å². The highest BCUT2D eigenvalue weighted by molar-refractivity contribution is 6.03. The van der Waals surface area contributed by atoms with Crippen LogP contribution in [0.5, 0.6) is 0 Å². The maximum absolute atomic E-state index is 12.3. The summed E-state index contributed by atoms with van der Waals surface area (Å²) in [4.78, 5) is 16.3. The Labute approximate surface area is 89.9 Å². The minimum Gasteiger partial charge on any atom is -0.308 e. The maximum atomic E-state index is 12.3. The zero-order chi connectivity index (χ0) is 10.7. The Kier molecular flexibility index (Phi) is 2.82. The number of pyridine rings is 1. The van der Waals surface area contributed by atoms with E-state index in [1.807, 2.05) is 19.2 Å². The molecule has 0 spiro atoms. The molecule has 0 unspecified atom stereocenters. The fourth-order valence-electron chi connectivity index (χ4n) is 2.34. The van der Waals surface area contributed by atoms with Gasteiger partial charge >= 0.3 is 0 Å². The molecule has 2 rings (SSSR count). The van der Waals surface area contributed by atoms with E-state index in [1.165, 1.54) is 0 Å². The molecular weight excluding hydrogens is 188 g/mol. The lowest BCUT2D eigenvalue weighted by Gasteiger charge is -2.26. The average Bonchev–Trinajstić information content (AvgIpc) is 2.79. The van der Waals surface area contributed by atoms with Gasteiger partial charge in [0.2, 0.25) is 0 Å². The van der Waals surface area contributed by atoms with E-state index in [4.69, 9.17) is 0 Å². The summed E-state index contributed by atoms with van der Waals surface area (Å²) in [5.74, 6) is 0.190. The Morgan fingerprint density at radius 3 is 2.73 bits per heavy atom. The summed E-state index contributed by atoms with van der Waals surface area (Å²) in [5, 5.41) is 3.20. The third kappa shape index (κ3) is 1.79. The van der Waals surface area contributed by atoms with Crippen molar-refractivity contribution in [3.63, 3.8) is 0 Å². The minimum atomic E-state index is -0.330. The molecule has 0 radical (unpaired) electrons. The fraction of sp³-hybridized carbons (Fsp3) is 0.500. The third-order valence-corrected chi connectivity index (χ3v) is 3.29. The number of hydrogen-bond donors (Lipinski definition) is 1. The zero-order valence-corrected chi connectivity index (χ0v) is 8.99. The van der Waals surface area contributed by atoms with Crippen molar-refractivity contribution in [1.82, 2.24) is 10.3 Å². The molecule has 1 aliphatic carbocycles. The molecule has 0 aromatic carbocycles. The third-order valence-electron chi connectivity index (χ3n) is 3.29. The molecule has 1 heterocycles. The number of hydrogen-bond acceptors (Lipinski definition) is 3. The second-order valence-electron chi connectivity index (χ2n) is 4.11. The molecule has 3 nitrogen and oxygen atoms in total. The molecule has 15 heavy (non-hydrogen) atoms. The average molecular weight is 204 g/mol. The van der Waals surface area contributed by atoms with Gasteiger partial charge in [-0.25, -0.2) is 0 Å². The quantitative estimate of drug-likeness (QED) is 0.763. The van der Waals surface area contributed by atoms with Crippen LogP contribution < -0.4 is 5.32 Å². The summed E-state index contributed by atoms with van der Waals surface area (Å²) in [6.07, 6.45) is 7.49. The van der Waals surface area contributed by atoms with Gasteiger partial charge in [-0.1, -0.05) is 12.8 Å². The SMILES string of the molecule is CNC1(C(=O)c2cccnc2)CCCC1. The topological polar surface area (TPSA) is 42.0 Å². The van der Waals surface area contributed by atoms with Gasteiger partial charge in [-0.15, -0.1) is 0 Å². The van der Waals surface area contributed by atoms with Crippen molar-refractivity contribution in [2.75, 3.05) is 7.05 Å².